The third-order valence-corrected chi connectivity index (χ3v) is 5.69. The molecule has 2 aromatic rings. The van der Waals surface area contributed by atoms with Crippen molar-refractivity contribution in [3.63, 3.8) is 0 Å². The third kappa shape index (κ3) is 3.51. The molecule has 0 radical (unpaired) electrons. The summed E-state index contributed by atoms with van der Waals surface area (Å²) in [7, 11) is 0. The molecule has 2 aliphatic heterocycles. The Morgan fingerprint density at radius 3 is 2.74 bits per heavy atom. The van der Waals surface area contributed by atoms with Gasteiger partial charge in [0, 0.05) is 18.5 Å². The maximum atomic E-state index is 13.3. The van der Waals surface area contributed by atoms with E-state index in [9.17, 15) is 9.18 Å². The monoisotopic (exact) mass is 370 g/mol. The van der Waals surface area contributed by atoms with Gasteiger partial charge in [0.15, 0.2) is 17.9 Å². The second kappa shape index (κ2) is 7.23. The van der Waals surface area contributed by atoms with Crippen LogP contribution in [0.5, 0.6) is 11.5 Å². The quantitative estimate of drug-likeness (QED) is 0.754. The SMILES string of the molecule is CCN1CCC2(CC1)CN(c1ncncc1Oc1ccc(F)cc1C=O)C2. The van der Waals surface area contributed by atoms with Gasteiger partial charge in [-0.05, 0) is 50.7 Å². The number of aldehydes is 1. The number of hydrogen-bond acceptors (Lipinski definition) is 6. The van der Waals surface area contributed by atoms with Gasteiger partial charge in [-0.2, -0.15) is 0 Å². The van der Waals surface area contributed by atoms with E-state index >= 15 is 0 Å². The van der Waals surface area contributed by atoms with Crippen molar-refractivity contribution in [2.24, 2.45) is 5.41 Å². The molecule has 0 N–H and O–H groups in total. The Balaban J connectivity index is 1.49. The lowest BCUT2D eigenvalue weighted by molar-refractivity contribution is 0.0787. The van der Waals surface area contributed by atoms with Crippen LogP contribution in [0, 0.1) is 11.2 Å². The lowest BCUT2D eigenvalue weighted by atomic mass is 9.72. The molecule has 2 aliphatic rings. The largest absolute Gasteiger partial charge is 0.451 e. The molecule has 6 nitrogen and oxygen atoms in total. The number of halogens is 1. The molecule has 0 saturated carbocycles. The molecule has 7 heteroatoms. The van der Waals surface area contributed by atoms with Crippen LogP contribution in [-0.2, 0) is 0 Å². The second-order valence-electron chi connectivity index (χ2n) is 7.40. The number of piperidine rings is 1. The molecule has 2 saturated heterocycles. The third-order valence-electron chi connectivity index (χ3n) is 5.69. The molecule has 2 fully saturated rings. The summed E-state index contributed by atoms with van der Waals surface area (Å²) in [5.74, 6) is 1.02. The summed E-state index contributed by atoms with van der Waals surface area (Å²) in [4.78, 5) is 24.3. The zero-order valence-electron chi connectivity index (χ0n) is 15.4. The number of benzene rings is 1. The Morgan fingerprint density at radius 1 is 1.26 bits per heavy atom. The Kier molecular flexibility index (Phi) is 4.78. The van der Waals surface area contributed by atoms with Gasteiger partial charge in [-0.25, -0.2) is 14.4 Å². The molecule has 0 bridgehead atoms. The van der Waals surface area contributed by atoms with Crippen molar-refractivity contribution in [2.45, 2.75) is 19.8 Å². The van der Waals surface area contributed by atoms with Crippen LogP contribution in [-0.4, -0.2) is 53.9 Å². The van der Waals surface area contributed by atoms with E-state index in [1.165, 1.54) is 31.3 Å². The molecule has 1 spiro atoms. The van der Waals surface area contributed by atoms with E-state index in [1.54, 1.807) is 6.20 Å². The summed E-state index contributed by atoms with van der Waals surface area (Å²) in [6.07, 6.45) is 6.07. The first kappa shape index (κ1) is 17.9. The van der Waals surface area contributed by atoms with Gasteiger partial charge >= 0.3 is 0 Å². The molecular weight excluding hydrogens is 347 g/mol. The molecule has 27 heavy (non-hydrogen) atoms. The smallest absolute Gasteiger partial charge is 0.188 e. The second-order valence-corrected chi connectivity index (χ2v) is 7.40. The van der Waals surface area contributed by atoms with E-state index in [0.29, 0.717) is 23.2 Å². The number of hydrogen-bond donors (Lipinski definition) is 0. The number of nitrogens with zero attached hydrogens (tertiary/aromatic N) is 4. The normalized spacial score (nSPS) is 19.0. The highest BCUT2D eigenvalue weighted by Crippen LogP contribution is 2.44. The van der Waals surface area contributed by atoms with Gasteiger partial charge in [0.1, 0.15) is 17.9 Å². The van der Waals surface area contributed by atoms with Crippen molar-refractivity contribution in [3.8, 4) is 11.5 Å². The molecule has 0 atom stereocenters. The average molecular weight is 370 g/mol. The predicted octanol–water partition coefficient (Wildman–Crippen LogP) is 3.14. The van der Waals surface area contributed by atoms with Crippen LogP contribution in [0.15, 0.2) is 30.7 Å². The highest BCUT2D eigenvalue weighted by atomic mass is 19.1. The summed E-state index contributed by atoms with van der Waals surface area (Å²) in [5.41, 5.74) is 0.523. The summed E-state index contributed by atoms with van der Waals surface area (Å²) in [5, 5.41) is 0. The van der Waals surface area contributed by atoms with Crippen molar-refractivity contribution < 1.29 is 13.9 Å². The molecule has 1 aromatic heterocycles. The van der Waals surface area contributed by atoms with Crippen molar-refractivity contribution in [1.82, 2.24) is 14.9 Å². The summed E-state index contributed by atoms with van der Waals surface area (Å²) < 4.78 is 19.2. The minimum Gasteiger partial charge on any atom is -0.451 e. The molecule has 0 unspecified atom stereocenters. The van der Waals surface area contributed by atoms with E-state index in [-0.39, 0.29) is 5.56 Å². The van der Waals surface area contributed by atoms with Gasteiger partial charge < -0.3 is 14.5 Å². The van der Waals surface area contributed by atoms with Crippen LogP contribution in [0.25, 0.3) is 0 Å². The topological polar surface area (TPSA) is 58.6 Å². The first-order chi connectivity index (χ1) is 13.1. The van der Waals surface area contributed by atoms with Crippen molar-refractivity contribution in [2.75, 3.05) is 37.6 Å². The molecule has 4 rings (SSSR count). The van der Waals surface area contributed by atoms with Crippen LogP contribution in [0.2, 0.25) is 0 Å². The standard InChI is InChI=1S/C20H23FN4O2/c1-2-24-7-5-20(6-8-24)12-25(13-20)19-18(10-22-14-23-19)27-17-4-3-16(21)9-15(17)11-26/h3-4,9-11,14H,2,5-8,12-13H2,1H3. The molecule has 0 aliphatic carbocycles. The van der Waals surface area contributed by atoms with Gasteiger partial charge in [-0.3, -0.25) is 4.79 Å². The maximum absolute atomic E-state index is 13.3. The minimum absolute atomic E-state index is 0.164. The zero-order chi connectivity index (χ0) is 18.9. The van der Waals surface area contributed by atoms with Crippen LogP contribution in [0.4, 0.5) is 10.2 Å². The van der Waals surface area contributed by atoms with Crippen molar-refractivity contribution in [1.29, 1.82) is 0 Å². The predicted molar refractivity (Wildman–Crippen MR) is 99.9 cm³/mol. The highest BCUT2D eigenvalue weighted by molar-refractivity contribution is 5.79. The molecular formula is C20H23FN4O2. The summed E-state index contributed by atoms with van der Waals surface area (Å²) in [6.45, 7) is 7.51. The van der Waals surface area contributed by atoms with Gasteiger partial charge in [0.05, 0.1) is 11.8 Å². The lowest BCUT2D eigenvalue weighted by Crippen LogP contribution is -2.60. The Bertz CT molecular complexity index is 828. The van der Waals surface area contributed by atoms with Gasteiger partial charge in [-0.1, -0.05) is 6.92 Å². The molecule has 1 aromatic carbocycles. The van der Waals surface area contributed by atoms with E-state index in [4.69, 9.17) is 4.74 Å². The van der Waals surface area contributed by atoms with E-state index in [1.807, 2.05) is 0 Å². The van der Waals surface area contributed by atoms with Crippen LogP contribution in [0.1, 0.15) is 30.1 Å². The fourth-order valence-electron chi connectivity index (χ4n) is 4.02. The maximum Gasteiger partial charge on any atom is 0.188 e. The van der Waals surface area contributed by atoms with Crippen LogP contribution < -0.4 is 9.64 Å². The minimum atomic E-state index is -0.475. The molecule has 0 amide bonds. The van der Waals surface area contributed by atoms with Gasteiger partial charge in [-0.15, -0.1) is 0 Å². The number of carbonyl (C=O) groups is 1. The summed E-state index contributed by atoms with van der Waals surface area (Å²) in [6, 6.07) is 3.88. The number of aromatic nitrogens is 2. The number of anilines is 1. The fourth-order valence-corrected chi connectivity index (χ4v) is 4.02. The number of rotatable bonds is 5. The first-order valence-corrected chi connectivity index (χ1v) is 9.32. The van der Waals surface area contributed by atoms with Crippen LogP contribution in [0.3, 0.4) is 0 Å². The Hall–Kier alpha value is -2.54. The Morgan fingerprint density at radius 2 is 2.04 bits per heavy atom. The summed E-state index contributed by atoms with van der Waals surface area (Å²) >= 11 is 0. The van der Waals surface area contributed by atoms with Crippen molar-refractivity contribution in [3.05, 3.63) is 42.1 Å². The van der Waals surface area contributed by atoms with E-state index < -0.39 is 5.82 Å². The fraction of sp³-hybridized carbons (Fsp3) is 0.450. The number of likely N-dealkylation sites (tertiary alicyclic amines) is 1. The first-order valence-electron chi connectivity index (χ1n) is 9.32. The lowest BCUT2D eigenvalue weighted by Gasteiger charge is -2.54. The number of carbonyl (C=O) groups excluding carboxylic acids is 1. The van der Waals surface area contributed by atoms with Gasteiger partial charge in [0.2, 0.25) is 0 Å². The molecule has 3 heterocycles. The average Bonchev–Trinajstić information content (AvgIpc) is 2.68. The van der Waals surface area contributed by atoms with Gasteiger partial charge in [0.25, 0.3) is 0 Å². The molecule has 142 valence electrons. The zero-order valence-corrected chi connectivity index (χ0v) is 15.4. The van der Waals surface area contributed by atoms with E-state index in [2.05, 4.69) is 26.7 Å². The highest BCUT2D eigenvalue weighted by Gasteiger charge is 2.45. The van der Waals surface area contributed by atoms with Crippen molar-refractivity contribution >= 4 is 12.1 Å². The van der Waals surface area contributed by atoms with E-state index in [0.717, 1.165) is 44.6 Å². The number of ether oxygens (including phenoxy) is 1. The van der Waals surface area contributed by atoms with Crippen LogP contribution >= 0.6 is 0 Å². The Labute approximate surface area is 158 Å².